The van der Waals surface area contributed by atoms with Crippen molar-refractivity contribution in [1.82, 2.24) is 9.97 Å². The third-order valence-electron chi connectivity index (χ3n) is 7.07. The number of hydrogen-bond donors (Lipinski definition) is 2. The summed E-state index contributed by atoms with van der Waals surface area (Å²) in [6.45, 7) is 3.02. The van der Waals surface area contributed by atoms with Gasteiger partial charge in [-0.2, -0.15) is 4.98 Å². The molecule has 0 amide bonds. The zero-order chi connectivity index (χ0) is 23.5. The second-order valence-electron chi connectivity index (χ2n) is 9.64. The van der Waals surface area contributed by atoms with Crippen LogP contribution in [0.1, 0.15) is 49.7 Å². The van der Waals surface area contributed by atoms with Crippen LogP contribution in [0.15, 0.2) is 54.6 Å². The van der Waals surface area contributed by atoms with Crippen molar-refractivity contribution in [2.75, 3.05) is 24.3 Å². The van der Waals surface area contributed by atoms with Crippen LogP contribution in [0.2, 0.25) is 0 Å². The SMILES string of the molecule is COC(=O)C1(c2ccc(Nc3nc(NCC4CC4)cc(-c4ccc(C)cc4)n3)cc2)CCCC1. The number of anilines is 3. The molecule has 2 aromatic carbocycles. The van der Waals surface area contributed by atoms with E-state index in [0.717, 1.165) is 66.5 Å². The summed E-state index contributed by atoms with van der Waals surface area (Å²) in [6.07, 6.45) is 6.34. The Morgan fingerprint density at radius 1 is 1.03 bits per heavy atom. The van der Waals surface area contributed by atoms with Gasteiger partial charge in [0, 0.05) is 23.9 Å². The lowest BCUT2D eigenvalue weighted by Gasteiger charge is -2.26. The monoisotopic (exact) mass is 456 g/mol. The zero-order valence-corrected chi connectivity index (χ0v) is 19.9. The minimum atomic E-state index is -0.519. The Kier molecular flexibility index (Phi) is 6.22. The molecule has 2 saturated carbocycles. The molecule has 0 saturated heterocycles. The van der Waals surface area contributed by atoms with Crippen LogP contribution >= 0.6 is 0 Å². The Morgan fingerprint density at radius 2 is 1.74 bits per heavy atom. The second kappa shape index (κ2) is 9.45. The van der Waals surface area contributed by atoms with Gasteiger partial charge in [-0.3, -0.25) is 4.79 Å². The molecule has 0 radical (unpaired) electrons. The molecule has 6 heteroatoms. The van der Waals surface area contributed by atoms with Crippen molar-refractivity contribution in [1.29, 1.82) is 0 Å². The molecule has 0 atom stereocenters. The minimum Gasteiger partial charge on any atom is -0.468 e. The highest BCUT2D eigenvalue weighted by Crippen LogP contribution is 2.42. The fraction of sp³-hybridized carbons (Fsp3) is 0.393. The summed E-state index contributed by atoms with van der Waals surface area (Å²) in [7, 11) is 1.48. The van der Waals surface area contributed by atoms with Gasteiger partial charge in [0.05, 0.1) is 18.2 Å². The van der Waals surface area contributed by atoms with E-state index in [1.165, 1.54) is 25.5 Å². The Hall–Kier alpha value is -3.41. The summed E-state index contributed by atoms with van der Waals surface area (Å²) in [6, 6.07) is 18.4. The van der Waals surface area contributed by atoms with Crippen LogP contribution in [0.4, 0.5) is 17.5 Å². The number of aromatic nitrogens is 2. The number of hydrogen-bond acceptors (Lipinski definition) is 6. The van der Waals surface area contributed by atoms with Crippen molar-refractivity contribution >= 4 is 23.4 Å². The first-order valence-corrected chi connectivity index (χ1v) is 12.2. The van der Waals surface area contributed by atoms with E-state index >= 15 is 0 Å². The fourth-order valence-corrected chi connectivity index (χ4v) is 4.82. The number of benzene rings is 2. The maximum absolute atomic E-state index is 12.6. The summed E-state index contributed by atoms with van der Waals surface area (Å²) >= 11 is 0. The number of carbonyl (C=O) groups is 1. The normalized spacial score (nSPS) is 16.8. The Labute approximate surface area is 201 Å². The van der Waals surface area contributed by atoms with Crippen LogP contribution < -0.4 is 10.6 Å². The van der Waals surface area contributed by atoms with Crippen LogP contribution in [0.5, 0.6) is 0 Å². The predicted octanol–water partition coefficient (Wildman–Crippen LogP) is 6.00. The van der Waals surface area contributed by atoms with Gasteiger partial charge in [0.15, 0.2) is 0 Å². The van der Waals surface area contributed by atoms with Crippen LogP contribution in [-0.4, -0.2) is 29.6 Å². The van der Waals surface area contributed by atoms with Crippen molar-refractivity contribution < 1.29 is 9.53 Å². The van der Waals surface area contributed by atoms with Crippen molar-refractivity contribution in [2.24, 2.45) is 5.92 Å². The zero-order valence-electron chi connectivity index (χ0n) is 19.9. The summed E-state index contributed by atoms with van der Waals surface area (Å²) in [5.74, 6) is 1.99. The van der Waals surface area contributed by atoms with Crippen molar-refractivity contribution in [2.45, 2.75) is 50.9 Å². The molecule has 0 unspecified atom stereocenters. The highest BCUT2D eigenvalue weighted by molar-refractivity contribution is 5.83. The van der Waals surface area contributed by atoms with Crippen molar-refractivity contribution in [3.05, 3.63) is 65.7 Å². The lowest BCUT2D eigenvalue weighted by Crippen LogP contribution is -2.33. The van der Waals surface area contributed by atoms with Crippen LogP contribution in [-0.2, 0) is 14.9 Å². The van der Waals surface area contributed by atoms with Gasteiger partial charge in [0.1, 0.15) is 5.82 Å². The van der Waals surface area contributed by atoms with E-state index in [0.29, 0.717) is 5.95 Å². The van der Waals surface area contributed by atoms with Gasteiger partial charge in [-0.1, -0.05) is 54.8 Å². The molecule has 0 aliphatic heterocycles. The molecule has 5 rings (SSSR count). The van der Waals surface area contributed by atoms with Gasteiger partial charge < -0.3 is 15.4 Å². The third kappa shape index (κ3) is 4.76. The first kappa shape index (κ1) is 22.4. The molecule has 0 spiro atoms. The largest absolute Gasteiger partial charge is 0.468 e. The highest BCUT2D eigenvalue weighted by atomic mass is 16.5. The van der Waals surface area contributed by atoms with Gasteiger partial charge in [-0.05, 0) is 56.2 Å². The molecule has 1 heterocycles. The van der Waals surface area contributed by atoms with E-state index in [1.807, 2.05) is 30.3 Å². The van der Waals surface area contributed by atoms with Gasteiger partial charge in [-0.25, -0.2) is 4.98 Å². The average molecular weight is 457 g/mol. The van der Waals surface area contributed by atoms with E-state index in [9.17, 15) is 4.79 Å². The summed E-state index contributed by atoms with van der Waals surface area (Å²) in [4.78, 5) is 22.1. The second-order valence-corrected chi connectivity index (χ2v) is 9.64. The molecular weight excluding hydrogens is 424 g/mol. The first-order valence-electron chi connectivity index (χ1n) is 12.2. The molecular formula is C28H32N4O2. The molecule has 2 aliphatic rings. The molecule has 2 fully saturated rings. The average Bonchev–Trinajstić information content (AvgIpc) is 3.56. The quantitative estimate of drug-likeness (QED) is 0.405. The number of nitrogens with zero attached hydrogens (tertiary/aromatic N) is 2. The minimum absolute atomic E-state index is 0.133. The number of ether oxygens (including phenoxy) is 1. The van der Waals surface area contributed by atoms with Crippen LogP contribution in [0.25, 0.3) is 11.3 Å². The molecule has 2 aliphatic carbocycles. The van der Waals surface area contributed by atoms with Crippen molar-refractivity contribution in [3.63, 3.8) is 0 Å². The molecule has 0 bridgehead atoms. The number of nitrogens with one attached hydrogen (secondary N) is 2. The third-order valence-corrected chi connectivity index (χ3v) is 7.07. The Balaban J connectivity index is 1.40. The molecule has 1 aromatic heterocycles. The number of aryl methyl sites for hydroxylation is 1. The standard InChI is InChI=1S/C28H32N4O2/c1-19-5-9-21(10-6-19)24-17-25(29-18-20-7-8-20)32-27(31-24)30-23-13-11-22(12-14-23)28(26(33)34-2)15-3-4-16-28/h5-6,9-14,17,20H,3-4,7-8,15-16,18H2,1-2H3,(H2,29,30,31,32). The molecule has 2 N–H and O–H groups in total. The number of rotatable bonds is 8. The predicted molar refractivity (Wildman–Crippen MR) is 135 cm³/mol. The maximum Gasteiger partial charge on any atom is 0.316 e. The van der Waals surface area contributed by atoms with Crippen LogP contribution in [0, 0.1) is 12.8 Å². The molecule has 3 aromatic rings. The summed E-state index contributed by atoms with van der Waals surface area (Å²) in [5.41, 5.74) is 4.54. The molecule has 6 nitrogen and oxygen atoms in total. The van der Waals surface area contributed by atoms with Gasteiger partial charge >= 0.3 is 5.97 Å². The highest BCUT2D eigenvalue weighted by Gasteiger charge is 2.43. The van der Waals surface area contributed by atoms with E-state index in [4.69, 9.17) is 14.7 Å². The lowest BCUT2D eigenvalue weighted by molar-refractivity contribution is -0.147. The smallest absolute Gasteiger partial charge is 0.316 e. The number of methoxy groups -OCH3 is 1. The Bertz CT molecular complexity index is 1150. The molecule has 176 valence electrons. The number of esters is 1. The van der Waals surface area contributed by atoms with Gasteiger partial charge in [-0.15, -0.1) is 0 Å². The maximum atomic E-state index is 12.6. The topological polar surface area (TPSA) is 76.1 Å². The van der Waals surface area contributed by atoms with Crippen molar-refractivity contribution in [3.8, 4) is 11.3 Å². The van der Waals surface area contributed by atoms with Gasteiger partial charge in [0.2, 0.25) is 5.95 Å². The molecule has 34 heavy (non-hydrogen) atoms. The van der Waals surface area contributed by atoms with E-state index in [-0.39, 0.29) is 5.97 Å². The van der Waals surface area contributed by atoms with Gasteiger partial charge in [0.25, 0.3) is 0 Å². The van der Waals surface area contributed by atoms with Crippen LogP contribution in [0.3, 0.4) is 0 Å². The summed E-state index contributed by atoms with van der Waals surface area (Å²) in [5, 5.41) is 6.85. The van der Waals surface area contributed by atoms with E-state index in [1.54, 1.807) is 0 Å². The first-order chi connectivity index (χ1) is 16.6. The number of carbonyl (C=O) groups excluding carboxylic acids is 1. The van der Waals surface area contributed by atoms with E-state index < -0.39 is 5.41 Å². The Morgan fingerprint density at radius 3 is 2.38 bits per heavy atom. The lowest BCUT2D eigenvalue weighted by atomic mass is 9.79. The summed E-state index contributed by atoms with van der Waals surface area (Å²) < 4.78 is 5.16. The fourth-order valence-electron chi connectivity index (χ4n) is 4.82. The van der Waals surface area contributed by atoms with E-state index in [2.05, 4.69) is 41.8 Å².